The second-order valence-corrected chi connectivity index (χ2v) is 9.53. The maximum absolute atomic E-state index is 16.8. The van der Waals surface area contributed by atoms with Gasteiger partial charge in [-0.05, 0) is 78.3 Å². The Bertz CT molecular complexity index is 1600. The molecule has 2 atom stereocenters. The van der Waals surface area contributed by atoms with E-state index < -0.39 is 58.8 Å². The van der Waals surface area contributed by atoms with Crippen LogP contribution < -0.4 is 11.5 Å². The summed E-state index contributed by atoms with van der Waals surface area (Å²) in [5, 5.41) is 10.4. The molecule has 2 aromatic heterocycles. The smallest absolute Gasteiger partial charge is 0.334 e. The van der Waals surface area contributed by atoms with E-state index in [0.717, 1.165) is 35.4 Å². The van der Waals surface area contributed by atoms with Crippen molar-refractivity contribution in [2.75, 3.05) is 6.54 Å². The highest BCUT2D eigenvalue weighted by molar-refractivity contribution is 5.85. The number of tetrazole rings is 1. The molecule has 240 valence electrons. The molecule has 45 heavy (non-hydrogen) atoms. The van der Waals surface area contributed by atoms with E-state index in [1.165, 1.54) is 30.3 Å². The van der Waals surface area contributed by atoms with Crippen LogP contribution in [0.1, 0.15) is 41.6 Å². The predicted molar refractivity (Wildman–Crippen MR) is 158 cm³/mol. The van der Waals surface area contributed by atoms with Crippen LogP contribution in [0.2, 0.25) is 0 Å². The van der Waals surface area contributed by atoms with E-state index in [2.05, 4.69) is 32.4 Å². The van der Waals surface area contributed by atoms with Crippen molar-refractivity contribution in [3.05, 3.63) is 107 Å². The number of nitrogens with two attached hydrogens (primary N) is 2. The third-order valence-electron chi connectivity index (χ3n) is 6.48. The van der Waals surface area contributed by atoms with Crippen LogP contribution in [0.3, 0.4) is 0 Å². The van der Waals surface area contributed by atoms with Crippen LogP contribution in [-0.4, -0.2) is 43.7 Å². The lowest BCUT2D eigenvalue weighted by atomic mass is 9.83. The second kappa shape index (κ2) is 16.2. The van der Waals surface area contributed by atoms with E-state index in [4.69, 9.17) is 16.2 Å². The molecular formula is C29H28Cl2F5N7O2. The second-order valence-electron chi connectivity index (χ2n) is 9.53. The van der Waals surface area contributed by atoms with Gasteiger partial charge in [0.05, 0.1) is 6.54 Å². The lowest BCUT2D eigenvalue weighted by Crippen LogP contribution is -2.53. The van der Waals surface area contributed by atoms with Crippen molar-refractivity contribution >= 4 is 30.8 Å². The van der Waals surface area contributed by atoms with Crippen molar-refractivity contribution in [3.8, 4) is 11.8 Å². The van der Waals surface area contributed by atoms with Crippen molar-refractivity contribution in [1.82, 2.24) is 25.2 Å². The number of alkyl halides is 2. The Morgan fingerprint density at radius 2 is 1.62 bits per heavy atom. The summed E-state index contributed by atoms with van der Waals surface area (Å²) in [7, 11) is 0. The number of halogens is 7. The number of ether oxygens (including phenoxy) is 1. The average molecular weight is 672 g/mol. The van der Waals surface area contributed by atoms with Crippen molar-refractivity contribution < 1.29 is 31.5 Å². The zero-order valence-corrected chi connectivity index (χ0v) is 25.0. The van der Waals surface area contributed by atoms with Gasteiger partial charge in [0.15, 0.2) is 0 Å². The standard InChI is InChI=1S/C29H26F5N7O2.2ClH/c30-21-9-6-19(7-10-21)4-5-20-8-13-26(37-16-20)29(33,34)28(17-41-18-38-39-40-41,23-12-11-22(31)15-24(23)32)43-27(42)25(36)3-1-2-14-35;;/h6-13,15-16,18,25H,1-3,14,17,35-36H2;2*1H/t25-,28?;;/m0../s1. The minimum Gasteiger partial charge on any atom is -0.444 e. The fourth-order valence-corrected chi connectivity index (χ4v) is 4.21. The molecular weight excluding hydrogens is 644 g/mol. The lowest BCUT2D eigenvalue weighted by Gasteiger charge is -2.40. The van der Waals surface area contributed by atoms with Gasteiger partial charge in [-0.2, -0.15) is 8.78 Å². The Morgan fingerprint density at radius 1 is 0.956 bits per heavy atom. The number of unbranched alkanes of at least 4 members (excludes halogenated alkanes) is 1. The topological polar surface area (TPSA) is 135 Å². The Balaban J connectivity index is 0.00000353. The van der Waals surface area contributed by atoms with E-state index in [1.807, 2.05) is 0 Å². The number of aromatic nitrogens is 5. The zero-order valence-electron chi connectivity index (χ0n) is 23.4. The molecule has 2 heterocycles. The maximum atomic E-state index is 16.8. The van der Waals surface area contributed by atoms with Crippen LogP contribution in [0.4, 0.5) is 22.0 Å². The van der Waals surface area contributed by atoms with Crippen LogP contribution in [0.15, 0.2) is 67.1 Å². The van der Waals surface area contributed by atoms with Crippen molar-refractivity contribution in [1.29, 1.82) is 0 Å². The Morgan fingerprint density at radius 3 is 2.22 bits per heavy atom. The van der Waals surface area contributed by atoms with Crippen LogP contribution in [-0.2, 0) is 27.6 Å². The fraction of sp³-hybridized carbons (Fsp3) is 0.276. The molecule has 0 amide bonds. The predicted octanol–water partition coefficient (Wildman–Crippen LogP) is 4.42. The van der Waals surface area contributed by atoms with Gasteiger partial charge in [0, 0.05) is 29.0 Å². The SMILES string of the molecule is Cl.Cl.NCCCC[C@H](N)C(=O)OC(Cn1cnnn1)(c1ccc(F)cc1F)C(F)(F)c1ccc(C#Cc2ccc(F)cc2)cn1. The molecule has 9 nitrogen and oxygen atoms in total. The van der Waals surface area contributed by atoms with E-state index in [1.54, 1.807) is 0 Å². The molecule has 4 rings (SSSR count). The van der Waals surface area contributed by atoms with Crippen molar-refractivity contribution in [3.63, 3.8) is 0 Å². The largest absolute Gasteiger partial charge is 0.444 e. The number of carbonyl (C=O) groups is 1. The van der Waals surface area contributed by atoms with Crippen LogP contribution >= 0.6 is 24.8 Å². The minimum atomic E-state index is -4.27. The number of esters is 1. The first kappa shape index (κ1) is 37.0. The number of carbonyl (C=O) groups excluding carboxylic acids is 1. The minimum absolute atomic E-state index is 0. The normalized spacial score (nSPS) is 12.9. The van der Waals surface area contributed by atoms with Crippen LogP contribution in [0, 0.1) is 29.3 Å². The summed E-state index contributed by atoms with van der Waals surface area (Å²) in [6.45, 7) is -0.676. The van der Waals surface area contributed by atoms with E-state index in [-0.39, 0.29) is 36.8 Å². The first-order valence-electron chi connectivity index (χ1n) is 13.0. The van der Waals surface area contributed by atoms with Gasteiger partial charge in [-0.3, -0.25) is 9.78 Å². The Hall–Kier alpha value is -4.16. The van der Waals surface area contributed by atoms with Crippen molar-refractivity contribution in [2.45, 2.75) is 43.4 Å². The molecule has 0 saturated heterocycles. The number of hydrogen-bond acceptors (Lipinski definition) is 8. The van der Waals surface area contributed by atoms with Gasteiger partial charge in [-0.15, -0.1) is 29.9 Å². The average Bonchev–Trinajstić information content (AvgIpc) is 3.49. The first-order chi connectivity index (χ1) is 20.6. The third-order valence-corrected chi connectivity index (χ3v) is 6.48. The molecule has 4 aromatic rings. The van der Waals surface area contributed by atoms with E-state index >= 15 is 13.2 Å². The summed E-state index contributed by atoms with van der Waals surface area (Å²) in [5.74, 6) is -2.96. The van der Waals surface area contributed by atoms with Gasteiger partial charge in [-0.25, -0.2) is 17.9 Å². The zero-order chi connectivity index (χ0) is 31.0. The first-order valence-corrected chi connectivity index (χ1v) is 13.0. The van der Waals surface area contributed by atoms with Gasteiger partial charge < -0.3 is 16.2 Å². The highest BCUT2D eigenvalue weighted by Gasteiger charge is 2.62. The summed E-state index contributed by atoms with van der Waals surface area (Å²) in [6, 6.07) is 8.00. The summed E-state index contributed by atoms with van der Waals surface area (Å²) < 4.78 is 82.2. The van der Waals surface area contributed by atoms with Gasteiger partial charge in [0.25, 0.3) is 0 Å². The molecule has 2 aromatic carbocycles. The maximum Gasteiger partial charge on any atom is 0.334 e. The molecule has 0 bridgehead atoms. The van der Waals surface area contributed by atoms with Crippen molar-refractivity contribution in [2.24, 2.45) is 11.5 Å². The Kier molecular flexibility index (Phi) is 13.4. The number of hydrogen-bond donors (Lipinski definition) is 2. The molecule has 0 aliphatic rings. The molecule has 0 spiro atoms. The van der Waals surface area contributed by atoms with Crippen LogP contribution in [0.5, 0.6) is 0 Å². The molecule has 0 aliphatic carbocycles. The number of rotatable bonds is 11. The molecule has 0 aliphatic heterocycles. The monoisotopic (exact) mass is 671 g/mol. The van der Waals surface area contributed by atoms with Crippen LogP contribution in [0.25, 0.3) is 0 Å². The van der Waals surface area contributed by atoms with Gasteiger partial charge in [0.2, 0.25) is 5.60 Å². The van der Waals surface area contributed by atoms with Gasteiger partial charge in [-0.1, -0.05) is 18.3 Å². The quantitative estimate of drug-likeness (QED) is 0.104. The number of benzene rings is 2. The number of pyridine rings is 1. The molecule has 1 unspecified atom stereocenters. The molecule has 0 fully saturated rings. The van der Waals surface area contributed by atoms with E-state index in [9.17, 15) is 13.6 Å². The number of nitrogens with zero attached hydrogens (tertiary/aromatic N) is 5. The van der Waals surface area contributed by atoms with Gasteiger partial charge >= 0.3 is 11.9 Å². The summed E-state index contributed by atoms with van der Waals surface area (Å²) >= 11 is 0. The summed E-state index contributed by atoms with van der Waals surface area (Å²) in [4.78, 5) is 17.0. The highest BCUT2D eigenvalue weighted by Crippen LogP contribution is 2.49. The summed E-state index contributed by atoms with van der Waals surface area (Å²) in [5.41, 5.74) is 7.16. The molecule has 4 N–H and O–H groups in total. The molecule has 0 saturated carbocycles. The Labute approximate surface area is 267 Å². The van der Waals surface area contributed by atoms with E-state index in [0.29, 0.717) is 31.0 Å². The highest BCUT2D eigenvalue weighted by atomic mass is 35.5. The molecule has 16 heteroatoms. The fourth-order valence-electron chi connectivity index (χ4n) is 4.21. The summed E-state index contributed by atoms with van der Waals surface area (Å²) in [6.07, 6.45) is 2.97. The molecule has 0 radical (unpaired) electrons. The van der Waals surface area contributed by atoms with Gasteiger partial charge in [0.1, 0.15) is 35.5 Å². The lowest BCUT2D eigenvalue weighted by molar-refractivity contribution is -0.233. The third kappa shape index (κ3) is 8.73.